The zero-order valence-corrected chi connectivity index (χ0v) is 7.21. The van der Waals surface area contributed by atoms with Crippen LogP contribution in [0.4, 0.5) is 0 Å². The zero-order chi connectivity index (χ0) is 8.10. The van der Waals surface area contributed by atoms with E-state index >= 15 is 0 Å². The minimum absolute atomic E-state index is 0.311. The lowest BCUT2D eigenvalue weighted by atomic mass is 10.1. The van der Waals surface area contributed by atoms with Crippen molar-refractivity contribution in [2.75, 3.05) is 13.2 Å². The summed E-state index contributed by atoms with van der Waals surface area (Å²) in [5, 5.41) is 0. The maximum atomic E-state index is 5.56. The van der Waals surface area contributed by atoms with Gasteiger partial charge in [-0.15, -0.1) is 0 Å². The first kappa shape index (κ1) is 9.01. The molecular formula is C9H17O2. The van der Waals surface area contributed by atoms with Crippen molar-refractivity contribution in [3.63, 3.8) is 0 Å². The van der Waals surface area contributed by atoms with Crippen LogP contribution in [0.1, 0.15) is 26.2 Å². The predicted octanol–water partition coefficient (Wildman–Crippen LogP) is 1.79. The van der Waals surface area contributed by atoms with Crippen LogP contribution < -0.4 is 0 Å². The highest BCUT2D eigenvalue weighted by molar-refractivity contribution is 4.75. The van der Waals surface area contributed by atoms with Gasteiger partial charge in [-0.3, -0.25) is 0 Å². The minimum Gasteiger partial charge on any atom is -0.376 e. The molecule has 0 aliphatic carbocycles. The second-order valence-electron chi connectivity index (χ2n) is 2.87. The molecule has 2 atom stereocenters. The minimum atomic E-state index is 0.311. The summed E-state index contributed by atoms with van der Waals surface area (Å²) in [6, 6.07) is 0. The Hall–Kier alpha value is -0.0800. The molecule has 1 aliphatic heterocycles. The average Bonchev–Trinajstić information content (AvgIpc) is 1.93. The van der Waals surface area contributed by atoms with E-state index in [0.29, 0.717) is 12.2 Å². The molecule has 11 heavy (non-hydrogen) atoms. The van der Waals surface area contributed by atoms with Gasteiger partial charge in [-0.05, 0) is 19.3 Å². The molecule has 0 bridgehead atoms. The number of hydrogen-bond donors (Lipinski definition) is 0. The lowest BCUT2D eigenvalue weighted by Gasteiger charge is -2.33. The van der Waals surface area contributed by atoms with Crippen molar-refractivity contribution < 1.29 is 9.47 Å². The van der Waals surface area contributed by atoms with Gasteiger partial charge in [0, 0.05) is 13.2 Å². The van der Waals surface area contributed by atoms with Gasteiger partial charge in [0.2, 0.25) is 0 Å². The quantitative estimate of drug-likeness (QED) is 0.605. The summed E-state index contributed by atoms with van der Waals surface area (Å²) in [5.41, 5.74) is 0. The summed E-state index contributed by atoms with van der Waals surface area (Å²) in [7, 11) is 0. The summed E-state index contributed by atoms with van der Waals surface area (Å²) < 4.78 is 10.9. The summed E-state index contributed by atoms with van der Waals surface area (Å²) in [6.45, 7) is 7.54. The third kappa shape index (κ3) is 2.46. The van der Waals surface area contributed by atoms with E-state index in [1.807, 2.05) is 0 Å². The van der Waals surface area contributed by atoms with Crippen LogP contribution in [0.2, 0.25) is 0 Å². The van der Waals surface area contributed by atoms with E-state index in [-0.39, 0.29) is 0 Å². The number of ether oxygens (including phenoxy) is 2. The molecule has 0 spiro atoms. The molecule has 0 saturated carbocycles. The molecule has 0 aromatic rings. The largest absolute Gasteiger partial charge is 0.376 e. The van der Waals surface area contributed by atoms with Crippen LogP contribution in [0, 0.1) is 6.92 Å². The SMILES string of the molecule is [CH2]CCOC(CC)C1CCO1. The van der Waals surface area contributed by atoms with Gasteiger partial charge in [0.25, 0.3) is 0 Å². The highest BCUT2D eigenvalue weighted by Gasteiger charge is 2.27. The molecule has 1 radical (unpaired) electrons. The summed E-state index contributed by atoms with van der Waals surface area (Å²) in [5.74, 6) is 0. The topological polar surface area (TPSA) is 18.5 Å². The number of hydrogen-bond acceptors (Lipinski definition) is 2. The summed E-state index contributed by atoms with van der Waals surface area (Å²) in [6.07, 6.45) is 3.74. The van der Waals surface area contributed by atoms with Crippen molar-refractivity contribution >= 4 is 0 Å². The molecule has 0 aromatic carbocycles. The second-order valence-corrected chi connectivity index (χ2v) is 2.87. The molecule has 1 aliphatic rings. The normalized spacial score (nSPS) is 26.2. The maximum Gasteiger partial charge on any atom is 0.0858 e. The van der Waals surface area contributed by atoms with Crippen LogP contribution in [0.25, 0.3) is 0 Å². The van der Waals surface area contributed by atoms with Gasteiger partial charge < -0.3 is 9.47 Å². The average molecular weight is 157 g/mol. The third-order valence-corrected chi connectivity index (χ3v) is 2.03. The van der Waals surface area contributed by atoms with Crippen LogP contribution in [0.15, 0.2) is 0 Å². The maximum absolute atomic E-state index is 5.56. The van der Waals surface area contributed by atoms with Crippen molar-refractivity contribution in [1.82, 2.24) is 0 Å². The van der Waals surface area contributed by atoms with Gasteiger partial charge in [0.15, 0.2) is 0 Å². The summed E-state index contributed by atoms with van der Waals surface area (Å²) >= 11 is 0. The van der Waals surface area contributed by atoms with Crippen molar-refractivity contribution in [3.05, 3.63) is 6.92 Å². The lowest BCUT2D eigenvalue weighted by Crippen LogP contribution is -2.39. The smallest absolute Gasteiger partial charge is 0.0858 e. The zero-order valence-electron chi connectivity index (χ0n) is 7.21. The highest BCUT2D eigenvalue weighted by Crippen LogP contribution is 2.19. The molecule has 65 valence electrons. The first-order valence-corrected chi connectivity index (χ1v) is 4.41. The van der Waals surface area contributed by atoms with Gasteiger partial charge in [-0.25, -0.2) is 0 Å². The van der Waals surface area contributed by atoms with Crippen LogP contribution in [0.3, 0.4) is 0 Å². The number of rotatable bonds is 5. The van der Waals surface area contributed by atoms with Crippen LogP contribution in [-0.2, 0) is 9.47 Å². The Morgan fingerprint density at radius 3 is 2.82 bits per heavy atom. The lowest BCUT2D eigenvalue weighted by molar-refractivity contribution is -0.137. The molecule has 0 aromatic heterocycles. The van der Waals surface area contributed by atoms with E-state index in [4.69, 9.17) is 9.47 Å². The molecule has 1 saturated heterocycles. The van der Waals surface area contributed by atoms with Crippen LogP contribution in [-0.4, -0.2) is 25.4 Å². The van der Waals surface area contributed by atoms with Crippen molar-refractivity contribution in [2.24, 2.45) is 0 Å². The Kier molecular flexibility index (Phi) is 3.87. The van der Waals surface area contributed by atoms with Gasteiger partial charge in [-0.1, -0.05) is 13.8 Å². The van der Waals surface area contributed by atoms with Crippen LogP contribution in [0.5, 0.6) is 0 Å². The van der Waals surface area contributed by atoms with Crippen molar-refractivity contribution in [2.45, 2.75) is 38.4 Å². The van der Waals surface area contributed by atoms with Gasteiger partial charge in [0.05, 0.1) is 12.2 Å². The van der Waals surface area contributed by atoms with E-state index < -0.39 is 0 Å². The first-order chi connectivity index (χ1) is 5.38. The van der Waals surface area contributed by atoms with E-state index in [1.54, 1.807) is 0 Å². The van der Waals surface area contributed by atoms with E-state index in [2.05, 4.69) is 13.8 Å². The highest BCUT2D eigenvalue weighted by atomic mass is 16.6. The predicted molar refractivity (Wildman–Crippen MR) is 44.4 cm³/mol. The van der Waals surface area contributed by atoms with Gasteiger partial charge >= 0.3 is 0 Å². The Labute approximate surface area is 68.9 Å². The van der Waals surface area contributed by atoms with E-state index in [9.17, 15) is 0 Å². The molecule has 2 unspecified atom stereocenters. The van der Waals surface area contributed by atoms with Crippen molar-refractivity contribution in [1.29, 1.82) is 0 Å². The van der Waals surface area contributed by atoms with Gasteiger partial charge in [0.1, 0.15) is 0 Å². The van der Waals surface area contributed by atoms with Gasteiger partial charge in [-0.2, -0.15) is 0 Å². The fourth-order valence-corrected chi connectivity index (χ4v) is 1.27. The molecule has 0 N–H and O–H groups in total. The fraction of sp³-hybridized carbons (Fsp3) is 0.889. The fourth-order valence-electron chi connectivity index (χ4n) is 1.27. The van der Waals surface area contributed by atoms with E-state index in [1.165, 1.54) is 0 Å². The Morgan fingerprint density at radius 1 is 1.73 bits per heavy atom. The van der Waals surface area contributed by atoms with Crippen molar-refractivity contribution in [3.8, 4) is 0 Å². The third-order valence-electron chi connectivity index (χ3n) is 2.03. The molecule has 0 amide bonds. The van der Waals surface area contributed by atoms with Crippen LogP contribution >= 0.6 is 0 Å². The Bertz CT molecular complexity index is 99.7. The summed E-state index contributed by atoms with van der Waals surface area (Å²) in [4.78, 5) is 0. The monoisotopic (exact) mass is 157 g/mol. The molecular weight excluding hydrogens is 140 g/mol. The molecule has 1 fully saturated rings. The first-order valence-electron chi connectivity index (χ1n) is 4.41. The second kappa shape index (κ2) is 4.73. The van der Waals surface area contributed by atoms with E-state index in [0.717, 1.165) is 32.5 Å². The Balaban J connectivity index is 2.13. The molecule has 2 heteroatoms. The molecule has 2 nitrogen and oxygen atoms in total. The Morgan fingerprint density at radius 2 is 2.45 bits per heavy atom. The molecule has 1 rings (SSSR count). The molecule has 1 heterocycles. The standard InChI is InChI=1S/C9H17O2/c1-3-6-10-8(4-2)9-5-7-11-9/h8-9H,1,3-7H2,2H3.